The number of sulfonamides is 1. The largest absolute Gasteiger partial charge is 0.228 e. The molecule has 0 aromatic rings. The van der Waals surface area contributed by atoms with Crippen molar-refractivity contribution in [2.45, 2.75) is 25.5 Å². The normalized spacial score (nSPS) is 15.1. The van der Waals surface area contributed by atoms with Crippen LogP contribution in [0, 0.1) is 28.6 Å². The molecule has 2 atom stereocenters. The molecule has 0 saturated heterocycles. The Labute approximate surface area is 84.4 Å². The molecule has 0 fully saturated rings. The van der Waals surface area contributed by atoms with Crippen molar-refractivity contribution < 1.29 is 8.42 Å². The Morgan fingerprint density at radius 2 is 1.93 bits per heavy atom. The zero-order valence-electron chi connectivity index (χ0n) is 8.19. The van der Waals surface area contributed by atoms with Crippen LogP contribution in [0.25, 0.3) is 0 Å². The van der Waals surface area contributed by atoms with Crippen LogP contribution in [0.3, 0.4) is 0 Å². The van der Waals surface area contributed by atoms with Crippen molar-refractivity contribution in [2.75, 3.05) is 6.54 Å². The first kappa shape index (κ1) is 12.9. The molecule has 0 aliphatic carbocycles. The van der Waals surface area contributed by atoms with Gasteiger partial charge in [-0.3, -0.25) is 0 Å². The first-order valence-electron chi connectivity index (χ1n) is 4.25. The van der Waals surface area contributed by atoms with Gasteiger partial charge < -0.3 is 0 Å². The maximum Gasteiger partial charge on any atom is 0.228 e. The van der Waals surface area contributed by atoms with E-state index in [1.807, 2.05) is 6.07 Å². The minimum absolute atomic E-state index is 0.0526. The fourth-order valence-corrected chi connectivity index (χ4v) is 2.03. The summed E-state index contributed by atoms with van der Waals surface area (Å²) in [5.41, 5.74) is 0. The lowest BCUT2D eigenvalue weighted by atomic mass is 10.2. The Hall–Kier alpha value is -1.11. The minimum Gasteiger partial charge on any atom is -0.213 e. The number of rotatable bonds is 5. The first-order valence-corrected chi connectivity index (χ1v) is 5.80. The zero-order chi connectivity index (χ0) is 11.2. The van der Waals surface area contributed by atoms with Crippen molar-refractivity contribution in [2.24, 2.45) is 5.92 Å². The summed E-state index contributed by atoms with van der Waals surface area (Å²) >= 11 is 0. The van der Waals surface area contributed by atoms with Gasteiger partial charge in [-0.15, -0.1) is 0 Å². The fourth-order valence-electron chi connectivity index (χ4n) is 0.767. The summed E-state index contributed by atoms with van der Waals surface area (Å²) in [6.45, 7) is 3.29. The molecular weight excluding hydrogens is 202 g/mol. The molecule has 0 aromatic heterocycles. The maximum atomic E-state index is 11.4. The second-order valence-electron chi connectivity index (χ2n) is 2.95. The Morgan fingerprint density at radius 1 is 1.36 bits per heavy atom. The smallest absolute Gasteiger partial charge is 0.213 e. The van der Waals surface area contributed by atoms with E-state index in [4.69, 9.17) is 10.5 Å². The molecule has 0 radical (unpaired) electrons. The predicted molar refractivity (Wildman–Crippen MR) is 51.4 cm³/mol. The van der Waals surface area contributed by atoms with E-state index >= 15 is 0 Å². The average molecular weight is 215 g/mol. The van der Waals surface area contributed by atoms with E-state index in [0.29, 0.717) is 0 Å². The van der Waals surface area contributed by atoms with E-state index in [0.717, 1.165) is 0 Å². The van der Waals surface area contributed by atoms with Crippen molar-refractivity contribution in [1.29, 1.82) is 10.5 Å². The number of nitriles is 2. The van der Waals surface area contributed by atoms with Gasteiger partial charge in [0.25, 0.3) is 0 Å². The third kappa shape index (κ3) is 3.73. The lowest BCUT2D eigenvalue weighted by Crippen LogP contribution is -2.35. The maximum absolute atomic E-state index is 11.4. The van der Waals surface area contributed by atoms with Crippen molar-refractivity contribution in [3.05, 3.63) is 0 Å². The summed E-state index contributed by atoms with van der Waals surface area (Å²) < 4.78 is 25.0. The average Bonchev–Trinajstić information content (AvgIpc) is 2.15. The van der Waals surface area contributed by atoms with Crippen LogP contribution in [0.1, 0.15) is 20.3 Å². The van der Waals surface area contributed by atoms with Gasteiger partial charge in [0, 0.05) is 6.54 Å². The first-order chi connectivity index (χ1) is 6.47. The highest BCUT2D eigenvalue weighted by Crippen LogP contribution is 2.03. The lowest BCUT2D eigenvalue weighted by molar-refractivity contribution is 0.564. The third-order valence-electron chi connectivity index (χ3n) is 1.70. The fraction of sp³-hybridized carbons (Fsp3) is 0.750. The topological polar surface area (TPSA) is 93.8 Å². The van der Waals surface area contributed by atoms with E-state index in [9.17, 15) is 8.42 Å². The highest BCUT2D eigenvalue weighted by Gasteiger charge is 2.23. The van der Waals surface area contributed by atoms with Gasteiger partial charge in [0.15, 0.2) is 5.25 Å². The summed E-state index contributed by atoms with van der Waals surface area (Å²) in [4.78, 5) is 0. The quantitative estimate of drug-likeness (QED) is 0.716. The van der Waals surface area contributed by atoms with Crippen molar-refractivity contribution in [3.8, 4) is 12.1 Å². The summed E-state index contributed by atoms with van der Waals surface area (Å²) in [5.74, 6) is -0.388. The standard InChI is InChI=1S/C8H13N3O2S/c1-3-8(5-10)14(12,13)11-6-7(2)4-9/h7-8,11H,3,6H2,1-2H3. The number of nitrogens with zero attached hydrogens (tertiary/aromatic N) is 2. The summed E-state index contributed by atoms with van der Waals surface area (Å²) in [7, 11) is -3.59. The second-order valence-corrected chi connectivity index (χ2v) is 4.90. The van der Waals surface area contributed by atoms with Gasteiger partial charge in [-0.05, 0) is 13.3 Å². The van der Waals surface area contributed by atoms with Gasteiger partial charge in [-0.2, -0.15) is 10.5 Å². The molecule has 1 N–H and O–H groups in total. The van der Waals surface area contributed by atoms with E-state index in [1.54, 1.807) is 19.9 Å². The molecule has 0 aromatic carbocycles. The Morgan fingerprint density at radius 3 is 2.29 bits per heavy atom. The number of nitrogens with one attached hydrogen (secondary N) is 1. The molecule has 78 valence electrons. The molecule has 14 heavy (non-hydrogen) atoms. The van der Waals surface area contributed by atoms with Crippen LogP contribution >= 0.6 is 0 Å². The van der Waals surface area contributed by atoms with Crippen molar-refractivity contribution >= 4 is 10.0 Å². The molecule has 0 heterocycles. The monoisotopic (exact) mass is 215 g/mol. The molecule has 2 unspecified atom stereocenters. The molecule has 5 nitrogen and oxygen atoms in total. The molecule has 0 bridgehead atoms. The van der Waals surface area contributed by atoms with Gasteiger partial charge in [-0.1, -0.05) is 6.92 Å². The van der Waals surface area contributed by atoms with Crippen LogP contribution < -0.4 is 4.72 Å². The molecule has 0 saturated carbocycles. The molecule has 0 spiro atoms. The molecule has 0 aliphatic rings. The SMILES string of the molecule is CCC(C#N)S(=O)(=O)NCC(C)C#N. The second kappa shape index (κ2) is 5.58. The van der Waals surface area contributed by atoms with Crippen LogP contribution in [0.2, 0.25) is 0 Å². The van der Waals surface area contributed by atoms with Crippen LogP contribution in [0.15, 0.2) is 0 Å². The van der Waals surface area contributed by atoms with Gasteiger partial charge in [-0.25, -0.2) is 13.1 Å². The molecule has 0 aliphatic heterocycles. The van der Waals surface area contributed by atoms with Gasteiger partial charge in [0.05, 0.1) is 18.1 Å². The highest BCUT2D eigenvalue weighted by atomic mass is 32.2. The molecule has 0 rings (SSSR count). The summed E-state index contributed by atoms with van der Waals surface area (Å²) in [6, 6.07) is 3.60. The summed E-state index contributed by atoms with van der Waals surface area (Å²) in [6.07, 6.45) is 0.243. The molecule has 6 heteroatoms. The molecular formula is C8H13N3O2S. The van der Waals surface area contributed by atoms with Gasteiger partial charge in [0.1, 0.15) is 0 Å². The lowest BCUT2D eigenvalue weighted by Gasteiger charge is -2.10. The number of hydrogen-bond donors (Lipinski definition) is 1. The van der Waals surface area contributed by atoms with Gasteiger partial charge >= 0.3 is 0 Å². The minimum atomic E-state index is -3.59. The Kier molecular flexibility index (Phi) is 5.14. The number of hydrogen-bond acceptors (Lipinski definition) is 4. The van der Waals surface area contributed by atoms with Crippen LogP contribution in [-0.4, -0.2) is 20.2 Å². The summed E-state index contributed by atoms with van der Waals surface area (Å²) in [5, 5.41) is 16.0. The highest BCUT2D eigenvalue weighted by molar-refractivity contribution is 7.90. The van der Waals surface area contributed by atoms with Crippen molar-refractivity contribution in [3.63, 3.8) is 0 Å². The zero-order valence-corrected chi connectivity index (χ0v) is 9.00. The van der Waals surface area contributed by atoms with E-state index in [-0.39, 0.29) is 18.9 Å². The van der Waals surface area contributed by atoms with E-state index < -0.39 is 15.3 Å². The predicted octanol–water partition coefficient (Wildman–Crippen LogP) is 0.368. The third-order valence-corrected chi connectivity index (χ3v) is 3.46. The van der Waals surface area contributed by atoms with E-state index in [2.05, 4.69) is 4.72 Å². The molecule has 0 amide bonds. The Bertz CT molecular complexity index is 350. The van der Waals surface area contributed by atoms with Crippen LogP contribution in [0.4, 0.5) is 0 Å². The Balaban J connectivity index is 4.38. The van der Waals surface area contributed by atoms with Gasteiger partial charge in [0.2, 0.25) is 10.0 Å². The van der Waals surface area contributed by atoms with Crippen LogP contribution in [-0.2, 0) is 10.0 Å². The van der Waals surface area contributed by atoms with Crippen molar-refractivity contribution in [1.82, 2.24) is 4.72 Å². The van der Waals surface area contributed by atoms with E-state index in [1.165, 1.54) is 0 Å². The van der Waals surface area contributed by atoms with Crippen LogP contribution in [0.5, 0.6) is 0 Å².